The molecule has 0 unspecified atom stereocenters. The SMILES string of the molecule is Cc1ccc([C@@H]2CCCCCN2S(=O)(=O)c2ccc(C)cc2)cc1. The van der Waals surface area contributed by atoms with Crippen molar-refractivity contribution in [2.75, 3.05) is 6.54 Å². The molecule has 128 valence electrons. The second kappa shape index (κ2) is 7.08. The van der Waals surface area contributed by atoms with Crippen LogP contribution in [0.25, 0.3) is 0 Å². The smallest absolute Gasteiger partial charge is 0.207 e. The molecule has 0 saturated carbocycles. The molecule has 0 aliphatic carbocycles. The molecule has 3 rings (SSSR count). The number of sulfonamides is 1. The van der Waals surface area contributed by atoms with Crippen LogP contribution in [0.5, 0.6) is 0 Å². The Kier molecular flexibility index (Phi) is 5.07. The van der Waals surface area contributed by atoms with Crippen molar-refractivity contribution in [3.63, 3.8) is 0 Å². The quantitative estimate of drug-likeness (QED) is 0.816. The molecule has 2 aromatic rings. The van der Waals surface area contributed by atoms with Crippen molar-refractivity contribution in [1.29, 1.82) is 0 Å². The van der Waals surface area contributed by atoms with Crippen LogP contribution in [0.2, 0.25) is 0 Å². The molecule has 1 aliphatic rings. The predicted molar refractivity (Wildman–Crippen MR) is 97.5 cm³/mol. The Morgan fingerprint density at radius 1 is 0.833 bits per heavy atom. The van der Waals surface area contributed by atoms with Gasteiger partial charge in [-0.2, -0.15) is 4.31 Å². The Balaban J connectivity index is 2.00. The van der Waals surface area contributed by atoms with Crippen LogP contribution < -0.4 is 0 Å². The average molecular weight is 343 g/mol. The van der Waals surface area contributed by atoms with Gasteiger partial charge in [0.15, 0.2) is 0 Å². The third-order valence-corrected chi connectivity index (χ3v) is 6.72. The zero-order valence-corrected chi connectivity index (χ0v) is 15.2. The molecule has 2 aromatic carbocycles. The Bertz CT molecular complexity index is 779. The molecule has 1 heterocycles. The van der Waals surface area contributed by atoms with Crippen LogP contribution in [0.3, 0.4) is 0 Å². The van der Waals surface area contributed by atoms with Gasteiger partial charge in [-0.3, -0.25) is 0 Å². The fraction of sp³-hybridized carbons (Fsp3) is 0.400. The maximum absolute atomic E-state index is 13.2. The van der Waals surface area contributed by atoms with Crippen molar-refractivity contribution in [1.82, 2.24) is 4.31 Å². The van der Waals surface area contributed by atoms with E-state index < -0.39 is 10.0 Å². The van der Waals surface area contributed by atoms with Gasteiger partial charge >= 0.3 is 0 Å². The monoisotopic (exact) mass is 343 g/mol. The number of hydrogen-bond donors (Lipinski definition) is 0. The molecule has 0 aromatic heterocycles. The topological polar surface area (TPSA) is 37.4 Å². The Morgan fingerprint density at radius 3 is 2.04 bits per heavy atom. The normalized spacial score (nSPS) is 19.8. The molecule has 24 heavy (non-hydrogen) atoms. The van der Waals surface area contributed by atoms with Crippen molar-refractivity contribution < 1.29 is 8.42 Å². The van der Waals surface area contributed by atoms with Gasteiger partial charge in [0, 0.05) is 6.54 Å². The highest BCUT2D eigenvalue weighted by Gasteiger charge is 2.33. The molecule has 1 fully saturated rings. The van der Waals surface area contributed by atoms with Gasteiger partial charge in [-0.15, -0.1) is 0 Å². The summed E-state index contributed by atoms with van der Waals surface area (Å²) in [6.07, 6.45) is 3.96. The molecule has 3 nitrogen and oxygen atoms in total. The maximum Gasteiger partial charge on any atom is 0.243 e. The van der Waals surface area contributed by atoms with Crippen molar-refractivity contribution in [2.45, 2.75) is 50.5 Å². The molecule has 1 aliphatic heterocycles. The molecular formula is C20H25NO2S. The largest absolute Gasteiger partial charge is 0.243 e. The first-order valence-corrected chi connectivity index (χ1v) is 10.1. The van der Waals surface area contributed by atoms with E-state index in [9.17, 15) is 8.42 Å². The van der Waals surface area contributed by atoms with Crippen LogP contribution >= 0.6 is 0 Å². The van der Waals surface area contributed by atoms with E-state index >= 15 is 0 Å². The van der Waals surface area contributed by atoms with Crippen LogP contribution in [0.4, 0.5) is 0 Å². The number of aryl methyl sites for hydroxylation is 2. The summed E-state index contributed by atoms with van der Waals surface area (Å²) in [6.45, 7) is 4.61. The Labute approximate surface area is 145 Å². The van der Waals surface area contributed by atoms with Crippen LogP contribution in [0.1, 0.15) is 48.4 Å². The molecule has 1 saturated heterocycles. The third kappa shape index (κ3) is 3.55. The summed E-state index contributed by atoms with van der Waals surface area (Å²) >= 11 is 0. The highest BCUT2D eigenvalue weighted by molar-refractivity contribution is 7.89. The van der Waals surface area contributed by atoms with Gasteiger partial charge in [0.25, 0.3) is 0 Å². The molecule has 0 amide bonds. The zero-order valence-electron chi connectivity index (χ0n) is 14.4. The van der Waals surface area contributed by atoms with Gasteiger partial charge in [-0.25, -0.2) is 8.42 Å². The van der Waals surface area contributed by atoms with Crippen molar-refractivity contribution in [2.24, 2.45) is 0 Å². The van der Waals surface area contributed by atoms with Gasteiger partial charge < -0.3 is 0 Å². The van der Waals surface area contributed by atoms with E-state index in [0.29, 0.717) is 11.4 Å². The second-order valence-electron chi connectivity index (χ2n) is 6.70. The summed E-state index contributed by atoms with van der Waals surface area (Å²) in [5, 5.41) is 0. The molecular weight excluding hydrogens is 318 g/mol. The molecule has 0 N–H and O–H groups in total. The van der Waals surface area contributed by atoms with Gasteiger partial charge in [-0.05, 0) is 44.4 Å². The highest BCUT2D eigenvalue weighted by Crippen LogP contribution is 2.34. The summed E-state index contributed by atoms with van der Waals surface area (Å²) in [6, 6.07) is 15.4. The second-order valence-corrected chi connectivity index (χ2v) is 8.60. The van der Waals surface area contributed by atoms with E-state index in [1.807, 2.05) is 19.1 Å². The molecule has 4 heteroatoms. The van der Waals surface area contributed by atoms with E-state index in [0.717, 1.165) is 36.8 Å². The summed E-state index contributed by atoms with van der Waals surface area (Å²) in [5.74, 6) is 0. The fourth-order valence-electron chi connectivity index (χ4n) is 3.34. The lowest BCUT2D eigenvalue weighted by atomic mass is 10.0. The van der Waals surface area contributed by atoms with Gasteiger partial charge in [0.2, 0.25) is 10.0 Å². The van der Waals surface area contributed by atoms with Crippen LogP contribution in [-0.4, -0.2) is 19.3 Å². The van der Waals surface area contributed by atoms with Gasteiger partial charge in [0.05, 0.1) is 10.9 Å². The van der Waals surface area contributed by atoms with Crippen LogP contribution in [0.15, 0.2) is 53.4 Å². The molecule has 0 bridgehead atoms. The number of rotatable bonds is 3. The average Bonchev–Trinajstić information content (AvgIpc) is 2.82. The maximum atomic E-state index is 13.2. The van der Waals surface area contributed by atoms with Crippen LogP contribution in [0, 0.1) is 13.8 Å². The van der Waals surface area contributed by atoms with E-state index in [1.54, 1.807) is 16.4 Å². The minimum absolute atomic E-state index is 0.0700. The Hall–Kier alpha value is -1.65. The lowest BCUT2D eigenvalue weighted by Crippen LogP contribution is -2.34. The molecule has 0 spiro atoms. The number of hydrogen-bond acceptors (Lipinski definition) is 2. The van der Waals surface area contributed by atoms with E-state index in [2.05, 4.69) is 31.2 Å². The first kappa shape index (κ1) is 17.2. The van der Waals surface area contributed by atoms with Gasteiger partial charge in [0.1, 0.15) is 0 Å². The summed E-state index contributed by atoms with van der Waals surface area (Å²) in [7, 11) is -3.48. The third-order valence-electron chi connectivity index (χ3n) is 4.79. The van der Waals surface area contributed by atoms with E-state index in [1.165, 1.54) is 5.56 Å². The number of benzene rings is 2. The summed E-state index contributed by atoms with van der Waals surface area (Å²) in [5.41, 5.74) is 3.36. The lowest BCUT2D eigenvalue weighted by molar-refractivity contribution is 0.329. The first-order valence-electron chi connectivity index (χ1n) is 8.63. The van der Waals surface area contributed by atoms with Crippen LogP contribution in [-0.2, 0) is 10.0 Å². The number of nitrogens with zero attached hydrogens (tertiary/aromatic N) is 1. The van der Waals surface area contributed by atoms with E-state index in [-0.39, 0.29) is 6.04 Å². The minimum Gasteiger partial charge on any atom is -0.207 e. The van der Waals surface area contributed by atoms with Gasteiger partial charge in [-0.1, -0.05) is 60.4 Å². The fourth-order valence-corrected chi connectivity index (χ4v) is 5.02. The van der Waals surface area contributed by atoms with Crippen molar-refractivity contribution in [3.05, 3.63) is 65.2 Å². The zero-order chi connectivity index (χ0) is 17.2. The lowest BCUT2D eigenvalue weighted by Gasteiger charge is -2.29. The Morgan fingerprint density at radius 2 is 1.42 bits per heavy atom. The standard InChI is InChI=1S/C20H25NO2S/c1-16-7-11-18(12-8-16)20-6-4-3-5-15-21(20)24(22,23)19-13-9-17(2)10-14-19/h7-14,20H,3-6,15H2,1-2H3/t20-/m0/s1. The van der Waals surface area contributed by atoms with Crippen molar-refractivity contribution in [3.8, 4) is 0 Å². The predicted octanol–water partition coefficient (Wildman–Crippen LogP) is 4.61. The van der Waals surface area contributed by atoms with E-state index in [4.69, 9.17) is 0 Å². The molecule has 1 atom stereocenters. The van der Waals surface area contributed by atoms with Crippen molar-refractivity contribution >= 4 is 10.0 Å². The summed E-state index contributed by atoms with van der Waals surface area (Å²) in [4.78, 5) is 0.395. The first-order chi connectivity index (χ1) is 11.5. The minimum atomic E-state index is -3.48. The highest BCUT2D eigenvalue weighted by atomic mass is 32.2. The molecule has 0 radical (unpaired) electrons. The summed E-state index contributed by atoms with van der Waals surface area (Å²) < 4.78 is 28.2.